The fourth-order valence-electron chi connectivity index (χ4n) is 5.88. The van der Waals surface area contributed by atoms with Crippen molar-refractivity contribution in [2.24, 2.45) is 0 Å². The maximum absolute atomic E-state index is 4.36. The molecule has 0 amide bonds. The summed E-state index contributed by atoms with van der Waals surface area (Å²) in [6.45, 7) is 4.66. The molecule has 1 aliphatic carbocycles. The molecule has 0 bridgehead atoms. The highest BCUT2D eigenvalue weighted by Gasteiger charge is 2.35. The summed E-state index contributed by atoms with van der Waals surface area (Å²) in [5, 5.41) is 0. The van der Waals surface area contributed by atoms with Crippen molar-refractivity contribution in [3.05, 3.63) is 139 Å². The minimum atomic E-state index is -0.00966. The van der Waals surface area contributed by atoms with Gasteiger partial charge in [-0.25, -0.2) is 0 Å². The Balaban J connectivity index is 1.31. The molecule has 0 saturated heterocycles. The van der Waals surface area contributed by atoms with Crippen LogP contribution in [-0.4, -0.2) is 14.5 Å². The van der Waals surface area contributed by atoms with Crippen LogP contribution >= 0.6 is 0 Å². The number of fused-ring (bicyclic) bond motifs is 3. The van der Waals surface area contributed by atoms with E-state index in [4.69, 9.17) is 0 Å². The Bertz CT molecular complexity index is 1710. The molecule has 38 heavy (non-hydrogen) atoms. The lowest BCUT2D eigenvalue weighted by Crippen LogP contribution is -2.14. The Morgan fingerprint density at radius 1 is 0.526 bits per heavy atom. The first-order chi connectivity index (χ1) is 18.6. The molecule has 1 aliphatic rings. The van der Waals surface area contributed by atoms with E-state index in [2.05, 4.69) is 119 Å². The van der Waals surface area contributed by atoms with Crippen LogP contribution in [0.15, 0.2) is 128 Å². The minimum Gasteiger partial charge on any atom is -0.309 e. The number of aromatic nitrogens is 3. The van der Waals surface area contributed by atoms with Crippen molar-refractivity contribution >= 4 is 0 Å². The molecule has 0 saturated carbocycles. The predicted octanol–water partition coefficient (Wildman–Crippen LogP) is 8.57. The van der Waals surface area contributed by atoms with Gasteiger partial charge in [0.1, 0.15) is 0 Å². The second kappa shape index (κ2) is 8.67. The Labute approximate surface area is 223 Å². The van der Waals surface area contributed by atoms with Crippen molar-refractivity contribution < 1.29 is 0 Å². The number of benzene rings is 3. The molecular weight excluding hydrogens is 462 g/mol. The zero-order chi connectivity index (χ0) is 25.7. The molecule has 7 rings (SSSR count). The second-order valence-electron chi connectivity index (χ2n) is 10.4. The van der Waals surface area contributed by atoms with Crippen LogP contribution in [-0.2, 0) is 5.41 Å². The summed E-state index contributed by atoms with van der Waals surface area (Å²) in [5.74, 6) is 0. The van der Waals surface area contributed by atoms with Gasteiger partial charge in [-0.1, -0.05) is 62.4 Å². The van der Waals surface area contributed by atoms with Gasteiger partial charge in [-0.2, -0.15) is 0 Å². The van der Waals surface area contributed by atoms with Gasteiger partial charge in [0, 0.05) is 47.0 Å². The summed E-state index contributed by atoms with van der Waals surface area (Å²) < 4.78 is 2.29. The predicted molar refractivity (Wildman–Crippen MR) is 155 cm³/mol. The van der Waals surface area contributed by atoms with Gasteiger partial charge < -0.3 is 4.57 Å². The largest absolute Gasteiger partial charge is 0.309 e. The molecule has 0 radical (unpaired) electrons. The monoisotopic (exact) mass is 489 g/mol. The number of nitrogens with zero attached hydrogens (tertiary/aromatic N) is 3. The summed E-state index contributed by atoms with van der Waals surface area (Å²) in [7, 11) is 0. The molecule has 3 aromatic heterocycles. The van der Waals surface area contributed by atoms with Crippen LogP contribution in [0.4, 0.5) is 0 Å². The number of pyridine rings is 2. The summed E-state index contributed by atoms with van der Waals surface area (Å²) in [4.78, 5) is 8.72. The van der Waals surface area contributed by atoms with Crippen molar-refractivity contribution in [1.82, 2.24) is 14.5 Å². The first kappa shape index (κ1) is 22.4. The highest BCUT2D eigenvalue weighted by molar-refractivity contribution is 5.83. The molecule has 0 atom stereocenters. The lowest BCUT2D eigenvalue weighted by atomic mass is 9.81. The number of hydrogen-bond donors (Lipinski definition) is 0. The molecule has 0 spiro atoms. The number of rotatable bonds is 4. The molecule has 3 heteroatoms. The molecule has 182 valence electrons. The fourth-order valence-corrected chi connectivity index (χ4v) is 5.88. The van der Waals surface area contributed by atoms with Crippen molar-refractivity contribution in [2.75, 3.05) is 0 Å². The first-order valence-corrected chi connectivity index (χ1v) is 13.0. The summed E-state index contributed by atoms with van der Waals surface area (Å²) in [5.41, 5.74) is 13.4. The summed E-state index contributed by atoms with van der Waals surface area (Å²) in [6, 6.07) is 37.1. The van der Waals surface area contributed by atoms with Gasteiger partial charge in [-0.15, -0.1) is 0 Å². The molecular formula is C35H27N3. The Morgan fingerprint density at radius 2 is 1.13 bits per heavy atom. The Morgan fingerprint density at radius 3 is 1.76 bits per heavy atom. The molecule has 3 aromatic carbocycles. The van der Waals surface area contributed by atoms with E-state index in [0.717, 1.165) is 28.2 Å². The highest BCUT2D eigenvalue weighted by atomic mass is 15.0. The number of hydrogen-bond acceptors (Lipinski definition) is 2. The van der Waals surface area contributed by atoms with Gasteiger partial charge in [0.15, 0.2) is 0 Å². The summed E-state index contributed by atoms with van der Waals surface area (Å²) >= 11 is 0. The average Bonchev–Trinajstić information content (AvgIpc) is 3.52. The Hall–Kier alpha value is -4.76. The van der Waals surface area contributed by atoms with Crippen LogP contribution in [0.3, 0.4) is 0 Å². The van der Waals surface area contributed by atoms with Crippen LogP contribution in [0.25, 0.3) is 50.5 Å². The molecule has 0 aliphatic heterocycles. The van der Waals surface area contributed by atoms with E-state index in [0.29, 0.717) is 0 Å². The zero-order valence-corrected chi connectivity index (χ0v) is 21.5. The van der Waals surface area contributed by atoms with Gasteiger partial charge >= 0.3 is 0 Å². The third kappa shape index (κ3) is 3.51. The smallest absolute Gasteiger partial charge is 0.0550 e. The van der Waals surface area contributed by atoms with E-state index >= 15 is 0 Å². The fraction of sp³-hybridized carbons (Fsp3) is 0.0857. The lowest BCUT2D eigenvalue weighted by Gasteiger charge is -2.22. The van der Waals surface area contributed by atoms with Crippen molar-refractivity contribution in [1.29, 1.82) is 0 Å². The topological polar surface area (TPSA) is 30.7 Å². The van der Waals surface area contributed by atoms with Crippen LogP contribution in [0, 0.1) is 0 Å². The van der Waals surface area contributed by atoms with Gasteiger partial charge in [0.05, 0.1) is 11.4 Å². The van der Waals surface area contributed by atoms with E-state index in [-0.39, 0.29) is 5.41 Å². The first-order valence-electron chi connectivity index (χ1n) is 13.0. The molecule has 0 fully saturated rings. The maximum Gasteiger partial charge on any atom is 0.0550 e. The third-order valence-electron chi connectivity index (χ3n) is 7.84. The minimum absolute atomic E-state index is 0.00966. The van der Waals surface area contributed by atoms with Gasteiger partial charge in [-0.3, -0.25) is 9.97 Å². The molecule has 0 unspecified atom stereocenters. The molecule has 6 aromatic rings. The van der Waals surface area contributed by atoms with Crippen LogP contribution < -0.4 is 0 Å². The van der Waals surface area contributed by atoms with E-state index < -0.39 is 0 Å². The van der Waals surface area contributed by atoms with Crippen molar-refractivity contribution in [2.45, 2.75) is 19.3 Å². The summed E-state index contributed by atoms with van der Waals surface area (Å²) in [6.07, 6.45) is 7.45. The quantitative estimate of drug-likeness (QED) is 0.248. The SMILES string of the molecule is CC1(C)c2ccccc2-c2ccc(-c3ccc(-n4c(-c5cccnc5)ccc4-c4cccnc4)cc3)cc21. The third-order valence-corrected chi connectivity index (χ3v) is 7.84. The molecule has 3 heterocycles. The van der Waals surface area contributed by atoms with Gasteiger partial charge in [0.25, 0.3) is 0 Å². The van der Waals surface area contributed by atoms with Crippen LogP contribution in [0.5, 0.6) is 0 Å². The lowest BCUT2D eigenvalue weighted by molar-refractivity contribution is 0.660. The normalized spacial score (nSPS) is 13.2. The van der Waals surface area contributed by atoms with Gasteiger partial charge in [-0.05, 0) is 88.0 Å². The Kier molecular flexibility index (Phi) is 5.12. The average molecular weight is 490 g/mol. The van der Waals surface area contributed by atoms with Crippen molar-refractivity contribution in [3.63, 3.8) is 0 Å². The standard InChI is InChI=1S/C35H27N3/c1-35(2)31-10-4-3-9-29(31)30-16-13-25(21-32(30)35)24-11-14-28(15-12-24)38-33(26-7-5-19-36-22-26)17-18-34(38)27-8-6-20-37-23-27/h3-23H,1-2H3. The highest BCUT2D eigenvalue weighted by Crippen LogP contribution is 2.49. The van der Waals surface area contributed by atoms with E-state index in [1.165, 1.54) is 33.4 Å². The van der Waals surface area contributed by atoms with E-state index in [9.17, 15) is 0 Å². The maximum atomic E-state index is 4.36. The van der Waals surface area contributed by atoms with E-state index in [1.807, 2.05) is 36.9 Å². The molecule has 3 nitrogen and oxygen atoms in total. The zero-order valence-electron chi connectivity index (χ0n) is 21.5. The molecule has 0 N–H and O–H groups in total. The van der Waals surface area contributed by atoms with Crippen LogP contribution in [0.1, 0.15) is 25.0 Å². The van der Waals surface area contributed by atoms with Crippen LogP contribution in [0.2, 0.25) is 0 Å². The van der Waals surface area contributed by atoms with Crippen molar-refractivity contribution in [3.8, 4) is 50.5 Å². The van der Waals surface area contributed by atoms with Gasteiger partial charge in [0.2, 0.25) is 0 Å². The second-order valence-corrected chi connectivity index (χ2v) is 10.4. The van der Waals surface area contributed by atoms with E-state index in [1.54, 1.807) is 0 Å².